The number of anilines is 1. The number of allylic oxidation sites excluding steroid dienone is 1. The van der Waals surface area contributed by atoms with E-state index in [4.69, 9.17) is 26.4 Å². The Morgan fingerprint density at radius 1 is 1.03 bits per heavy atom. The average molecular weight is 442 g/mol. The third-order valence-electron chi connectivity index (χ3n) is 5.33. The number of carbonyl (C=O) groups is 1. The minimum Gasteiger partial charge on any atom is -0.493 e. The lowest BCUT2D eigenvalue weighted by Crippen LogP contribution is -2.46. The molecule has 1 amide bonds. The zero-order valence-electron chi connectivity index (χ0n) is 18.5. The minimum absolute atomic E-state index is 0.220. The Morgan fingerprint density at radius 2 is 1.61 bits per heavy atom. The van der Waals surface area contributed by atoms with E-state index in [1.807, 2.05) is 57.3 Å². The first-order chi connectivity index (χ1) is 14.8. The highest BCUT2D eigenvalue weighted by atomic mass is 32.1. The van der Waals surface area contributed by atoms with E-state index in [1.54, 1.807) is 26.2 Å². The molecule has 1 aliphatic heterocycles. The second kappa shape index (κ2) is 9.26. The zero-order valence-corrected chi connectivity index (χ0v) is 19.3. The number of nitrogens with one attached hydrogen (secondary N) is 2. The van der Waals surface area contributed by atoms with Gasteiger partial charge in [-0.15, -0.1) is 0 Å². The summed E-state index contributed by atoms with van der Waals surface area (Å²) >= 11 is 5.50. The van der Waals surface area contributed by atoms with Crippen LogP contribution in [-0.4, -0.2) is 44.3 Å². The molecule has 0 aromatic heterocycles. The number of nitrogens with zero attached hydrogens (tertiary/aromatic N) is 1. The zero-order chi connectivity index (χ0) is 22.7. The Hall–Kier alpha value is -3.26. The van der Waals surface area contributed by atoms with Crippen molar-refractivity contribution in [2.24, 2.45) is 0 Å². The van der Waals surface area contributed by atoms with Gasteiger partial charge in [0.2, 0.25) is 5.75 Å². The van der Waals surface area contributed by atoms with E-state index in [-0.39, 0.29) is 5.91 Å². The van der Waals surface area contributed by atoms with E-state index in [2.05, 4.69) is 10.6 Å². The molecule has 2 aromatic rings. The van der Waals surface area contributed by atoms with Crippen LogP contribution >= 0.6 is 12.2 Å². The summed E-state index contributed by atoms with van der Waals surface area (Å²) < 4.78 is 16.4. The summed E-state index contributed by atoms with van der Waals surface area (Å²) in [6.07, 6.45) is 0. The number of ether oxygens (including phenoxy) is 3. The molecule has 2 N–H and O–H groups in total. The molecule has 1 atom stereocenters. The molecule has 0 fully saturated rings. The van der Waals surface area contributed by atoms with Crippen LogP contribution in [0, 0.1) is 6.92 Å². The number of thiocarbonyl (C=S) groups is 1. The summed E-state index contributed by atoms with van der Waals surface area (Å²) in [5.74, 6) is 1.26. The van der Waals surface area contributed by atoms with E-state index in [1.165, 1.54) is 0 Å². The Labute approximate surface area is 188 Å². The highest BCUT2D eigenvalue weighted by molar-refractivity contribution is 7.80. The van der Waals surface area contributed by atoms with Crippen LogP contribution in [0.25, 0.3) is 0 Å². The predicted octanol–water partition coefficient (Wildman–Crippen LogP) is 3.79. The minimum atomic E-state index is -0.497. The Balaban J connectivity index is 2.08. The molecule has 31 heavy (non-hydrogen) atoms. The highest BCUT2D eigenvalue weighted by Gasteiger charge is 2.33. The van der Waals surface area contributed by atoms with Crippen molar-refractivity contribution in [1.82, 2.24) is 10.2 Å². The van der Waals surface area contributed by atoms with Crippen molar-refractivity contribution < 1.29 is 19.0 Å². The van der Waals surface area contributed by atoms with Crippen LogP contribution in [0.2, 0.25) is 0 Å². The van der Waals surface area contributed by atoms with Crippen LogP contribution in [0.4, 0.5) is 5.69 Å². The fraction of sp³-hybridized carbons (Fsp3) is 0.304. The van der Waals surface area contributed by atoms with Gasteiger partial charge in [-0.3, -0.25) is 4.79 Å². The van der Waals surface area contributed by atoms with Gasteiger partial charge in [-0.25, -0.2) is 0 Å². The lowest BCUT2D eigenvalue weighted by molar-refractivity contribution is -0.113. The molecule has 3 rings (SSSR count). The van der Waals surface area contributed by atoms with Gasteiger partial charge in [-0.1, -0.05) is 17.7 Å². The van der Waals surface area contributed by atoms with Crippen molar-refractivity contribution in [3.63, 3.8) is 0 Å². The van der Waals surface area contributed by atoms with Gasteiger partial charge in [0.1, 0.15) is 0 Å². The first kappa shape index (κ1) is 22.4. The lowest BCUT2D eigenvalue weighted by atomic mass is 9.93. The summed E-state index contributed by atoms with van der Waals surface area (Å²) in [6, 6.07) is 10.8. The molecule has 8 heteroatoms. The smallest absolute Gasteiger partial charge is 0.255 e. The van der Waals surface area contributed by atoms with Crippen LogP contribution < -0.4 is 24.8 Å². The first-order valence-corrected chi connectivity index (χ1v) is 10.1. The van der Waals surface area contributed by atoms with E-state index in [9.17, 15) is 4.79 Å². The van der Waals surface area contributed by atoms with E-state index >= 15 is 0 Å². The van der Waals surface area contributed by atoms with Crippen LogP contribution in [-0.2, 0) is 4.79 Å². The molecule has 1 heterocycles. The molecule has 0 spiro atoms. The van der Waals surface area contributed by atoms with Crippen molar-refractivity contribution in [3.05, 3.63) is 58.8 Å². The molecule has 1 unspecified atom stereocenters. The molecule has 1 aliphatic rings. The molecular weight excluding hydrogens is 414 g/mol. The van der Waals surface area contributed by atoms with Gasteiger partial charge in [0, 0.05) is 18.4 Å². The van der Waals surface area contributed by atoms with E-state index in [0.717, 1.165) is 22.5 Å². The third kappa shape index (κ3) is 4.44. The topological polar surface area (TPSA) is 72.1 Å². The summed E-state index contributed by atoms with van der Waals surface area (Å²) in [6.45, 7) is 3.88. The molecule has 2 aromatic carbocycles. The van der Waals surface area contributed by atoms with Crippen LogP contribution in [0.15, 0.2) is 47.7 Å². The fourth-order valence-corrected chi connectivity index (χ4v) is 3.74. The summed E-state index contributed by atoms with van der Waals surface area (Å²) in [7, 11) is 6.49. The van der Waals surface area contributed by atoms with Gasteiger partial charge >= 0.3 is 0 Å². The number of amides is 1. The van der Waals surface area contributed by atoms with E-state index < -0.39 is 6.04 Å². The number of methoxy groups -OCH3 is 3. The van der Waals surface area contributed by atoms with Crippen LogP contribution in [0.5, 0.6) is 17.2 Å². The molecule has 0 radical (unpaired) electrons. The van der Waals surface area contributed by atoms with Gasteiger partial charge in [0.25, 0.3) is 5.91 Å². The summed E-state index contributed by atoms with van der Waals surface area (Å²) in [5.41, 5.74) is 3.90. The van der Waals surface area contributed by atoms with Gasteiger partial charge < -0.3 is 29.7 Å². The number of hydrogen-bond donors (Lipinski definition) is 2. The predicted molar refractivity (Wildman–Crippen MR) is 125 cm³/mol. The van der Waals surface area contributed by atoms with Gasteiger partial charge in [0.15, 0.2) is 16.6 Å². The summed E-state index contributed by atoms with van der Waals surface area (Å²) in [4.78, 5) is 15.2. The Bertz CT molecular complexity index is 1010. The van der Waals surface area contributed by atoms with Crippen molar-refractivity contribution in [1.29, 1.82) is 0 Å². The highest BCUT2D eigenvalue weighted by Crippen LogP contribution is 2.42. The molecule has 0 aliphatic carbocycles. The summed E-state index contributed by atoms with van der Waals surface area (Å²) in [5, 5.41) is 6.77. The van der Waals surface area contributed by atoms with Crippen LogP contribution in [0.1, 0.15) is 24.1 Å². The number of rotatable bonds is 6. The second-order valence-corrected chi connectivity index (χ2v) is 7.61. The maximum atomic E-state index is 13.4. The molecule has 0 bridgehead atoms. The average Bonchev–Trinajstić information content (AvgIpc) is 2.77. The third-order valence-corrected chi connectivity index (χ3v) is 5.72. The maximum Gasteiger partial charge on any atom is 0.255 e. The normalized spacial score (nSPS) is 16.0. The standard InChI is InChI=1S/C23H27N3O4S/c1-13-7-9-16(10-8-13)24-22(27)19-14(2)26(3)23(31)25-20(19)15-11-17(28-4)21(30-6)18(12-15)29-5/h7-12,20H,1-6H3,(H,24,27)(H,25,31). The molecule has 164 valence electrons. The quantitative estimate of drug-likeness (QED) is 0.661. The first-order valence-electron chi connectivity index (χ1n) is 9.73. The van der Waals surface area contributed by atoms with Crippen LogP contribution in [0.3, 0.4) is 0 Å². The van der Waals surface area contributed by atoms with Crippen molar-refractivity contribution in [3.8, 4) is 17.2 Å². The van der Waals surface area contributed by atoms with Crippen molar-refractivity contribution in [2.75, 3.05) is 33.7 Å². The fourth-order valence-electron chi connectivity index (χ4n) is 3.48. The number of carbonyl (C=O) groups excluding carboxylic acids is 1. The van der Waals surface area contributed by atoms with Gasteiger partial charge in [-0.05, 0) is 55.9 Å². The van der Waals surface area contributed by atoms with Gasteiger partial charge in [0.05, 0.1) is 32.9 Å². The molecule has 0 saturated carbocycles. The second-order valence-electron chi connectivity index (χ2n) is 7.22. The number of benzene rings is 2. The number of hydrogen-bond acceptors (Lipinski definition) is 5. The van der Waals surface area contributed by atoms with Crippen molar-refractivity contribution in [2.45, 2.75) is 19.9 Å². The molecule has 7 nitrogen and oxygen atoms in total. The monoisotopic (exact) mass is 441 g/mol. The Morgan fingerprint density at radius 3 is 2.13 bits per heavy atom. The largest absolute Gasteiger partial charge is 0.493 e. The lowest BCUT2D eigenvalue weighted by Gasteiger charge is -2.36. The Kier molecular flexibility index (Phi) is 6.70. The maximum absolute atomic E-state index is 13.4. The van der Waals surface area contributed by atoms with E-state index in [0.29, 0.717) is 27.9 Å². The molecule has 0 saturated heterocycles. The van der Waals surface area contributed by atoms with Crippen molar-refractivity contribution >= 4 is 28.9 Å². The van der Waals surface area contributed by atoms with Gasteiger partial charge in [-0.2, -0.15) is 0 Å². The SMILES string of the molecule is COc1cc(C2NC(=S)N(C)C(C)=C2C(=O)Nc2ccc(C)cc2)cc(OC)c1OC. The molecular formula is C23H27N3O4S. The number of aryl methyl sites for hydroxylation is 1.